The van der Waals surface area contributed by atoms with E-state index in [4.69, 9.17) is 14.8 Å². The Balaban J connectivity index is 2.99. The highest BCUT2D eigenvalue weighted by atomic mass is 16.3. The lowest BCUT2D eigenvalue weighted by Gasteiger charge is -1.85. The van der Waals surface area contributed by atoms with E-state index in [2.05, 4.69) is 0 Å². The summed E-state index contributed by atoms with van der Waals surface area (Å²) in [7, 11) is 0. The normalized spacial score (nSPS) is 10.9. The molecule has 0 aromatic carbocycles. The minimum atomic E-state index is 0.130. The van der Waals surface area contributed by atoms with Crippen LogP contribution >= 0.6 is 0 Å². The lowest BCUT2D eigenvalue weighted by atomic mass is 10.2. The second kappa shape index (κ2) is 2.74. The second-order valence-electron chi connectivity index (χ2n) is 1.63. The Kier molecular flexibility index (Phi) is 1.76. The van der Waals surface area contributed by atoms with Crippen molar-refractivity contribution in [3.8, 4) is 6.07 Å². The van der Waals surface area contributed by atoms with Gasteiger partial charge < -0.3 is 9.52 Å². The third kappa shape index (κ3) is 1.00. The van der Waals surface area contributed by atoms with Gasteiger partial charge in [-0.1, -0.05) is 0 Å². The molecule has 0 saturated heterocycles. The first-order valence-electron chi connectivity index (χ1n) is 2.67. The van der Waals surface area contributed by atoms with Gasteiger partial charge in [0, 0.05) is 0 Å². The summed E-state index contributed by atoms with van der Waals surface area (Å²) < 4.78 is 4.83. The summed E-state index contributed by atoms with van der Waals surface area (Å²) in [6.07, 6.45) is 2.16. The van der Waals surface area contributed by atoms with Crippen LogP contribution in [0.25, 0.3) is 5.57 Å². The molecule has 50 valence electrons. The molecule has 0 bridgehead atoms. The highest BCUT2D eigenvalue weighted by Gasteiger charge is 2.00. The topological polar surface area (TPSA) is 57.2 Å². The van der Waals surface area contributed by atoms with Gasteiger partial charge in [0.15, 0.2) is 0 Å². The molecule has 1 rings (SSSR count). The average Bonchev–Trinajstić information content (AvgIpc) is 2.43. The number of nitriles is 1. The molecule has 1 aromatic heterocycles. The maximum atomic E-state index is 8.45. The lowest BCUT2D eigenvalue weighted by molar-refractivity contribution is 0.472. The van der Waals surface area contributed by atoms with Gasteiger partial charge in [0.1, 0.15) is 23.7 Å². The summed E-state index contributed by atoms with van der Waals surface area (Å²) in [6.45, 7) is 0. The summed E-state index contributed by atoms with van der Waals surface area (Å²) in [5.41, 5.74) is 0.130. The van der Waals surface area contributed by atoms with Crippen LogP contribution in [0.1, 0.15) is 5.76 Å². The van der Waals surface area contributed by atoms with E-state index >= 15 is 0 Å². The first kappa shape index (κ1) is 6.43. The van der Waals surface area contributed by atoms with E-state index in [9.17, 15) is 0 Å². The Morgan fingerprint density at radius 1 is 1.80 bits per heavy atom. The van der Waals surface area contributed by atoms with E-state index in [1.807, 2.05) is 0 Å². The molecule has 0 unspecified atom stereocenters. The van der Waals surface area contributed by atoms with Crippen molar-refractivity contribution in [2.75, 3.05) is 0 Å². The Bertz CT molecular complexity index is 266. The van der Waals surface area contributed by atoms with E-state index in [1.165, 1.54) is 6.26 Å². The van der Waals surface area contributed by atoms with Crippen LogP contribution in [-0.2, 0) is 0 Å². The number of aliphatic hydroxyl groups is 1. The minimum Gasteiger partial charge on any atom is -0.514 e. The van der Waals surface area contributed by atoms with Gasteiger partial charge in [-0.15, -0.1) is 0 Å². The number of hydrogen-bond acceptors (Lipinski definition) is 3. The van der Waals surface area contributed by atoms with Crippen LogP contribution in [0.5, 0.6) is 0 Å². The van der Waals surface area contributed by atoms with Crippen LogP contribution in [0.4, 0.5) is 0 Å². The van der Waals surface area contributed by atoms with Crippen LogP contribution in [-0.4, -0.2) is 5.11 Å². The Morgan fingerprint density at radius 3 is 3.00 bits per heavy atom. The molecule has 3 nitrogen and oxygen atoms in total. The van der Waals surface area contributed by atoms with Gasteiger partial charge in [0.25, 0.3) is 0 Å². The van der Waals surface area contributed by atoms with Crippen molar-refractivity contribution < 1.29 is 9.52 Å². The monoisotopic (exact) mass is 135 g/mol. The molecule has 10 heavy (non-hydrogen) atoms. The predicted octanol–water partition coefficient (Wildman–Crippen LogP) is 1.70. The van der Waals surface area contributed by atoms with Crippen molar-refractivity contribution in [2.24, 2.45) is 0 Å². The van der Waals surface area contributed by atoms with Gasteiger partial charge in [0.2, 0.25) is 0 Å². The fourth-order valence-corrected chi connectivity index (χ4v) is 0.579. The largest absolute Gasteiger partial charge is 0.514 e. The minimum absolute atomic E-state index is 0.130. The van der Waals surface area contributed by atoms with Gasteiger partial charge in [-0.05, 0) is 12.1 Å². The molecule has 0 spiro atoms. The van der Waals surface area contributed by atoms with Gasteiger partial charge in [0.05, 0.1) is 6.26 Å². The summed E-state index contributed by atoms with van der Waals surface area (Å²) in [5.74, 6) is 0.380. The molecule has 0 fully saturated rings. The van der Waals surface area contributed by atoms with Gasteiger partial charge in [-0.3, -0.25) is 0 Å². The number of hydrogen-bond donors (Lipinski definition) is 1. The fraction of sp³-hybridized carbons (Fsp3) is 0. The zero-order chi connectivity index (χ0) is 7.40. The first-order chi connectivity index (χ1) is 4.88. The lowest BCUT2D eigenvalue weighted by Crippen LogP contribution is -1.74. The third-order valence-electron chi connectivity index (χ3n) is 1.04. The fourth-order valence-electron chi connectivity index (χ4n) is 0.579. The van der Waals surface area contributed by atoms with Crippen molar-refractivity contribution >= 4 is 5.57 Å². The van der Waals surface area contributed by atoms with E-state index in [0.29, 0.717) is 5.76 Å². The molecule has 0 aliphatic carbocycles. The molecule has 1 N–H and O–H groups in total. The zero-order valence-corrected chi connectivity index (χ0v) is 5.11. The van der Waals surface area contributed by atoms with Crippen molar-refractivity contribution in [1.82, 2.24) is 0 Å². The summed E-state index contributed by atoms with van der Waals surface area (Å²) >= 11 is 0. The van der Waals surface area contributed by atoms with E-state index in [1.54, 1.807) is 18.2 Å². The molecule has 0 atom stereocenters. The summed E-state index contributed by atoms with van der Waals surface area (Å²) in [4.78, 5) is 0. The Hall–Kier alpha value is -1.69. The number of allylic oxidation sites excluding steroid dienone is 1. The average molecular weight is 135 g/mol. The third-order valence-corrected chi connectivity index (χ3v) is 1.04. The highest BCUT2D eigenvalue weighted by Crippen LogP contribution is 2.11. The zero-order valence-electron chi connectivity index (χ0n) is 5.11. The smallest absolute Gasteiger partial charge is 0.147 e. The van der Waals surface area contributed by atoms with Gasteiger partial charge >= 0.3 is 0 Å². The van der Waals surface area contributed by atoms with Crippen molar-refractivity contribution in [3.05, 3.63) is 30.4 Å². The molecule has 0 aliphatic heterocycles. The molecule has 0 radical (unpaired) electrons. The Labute approximate surface area is 57.8 Å². The number of nitrogens with zero attached hydrogens (tertiary/aromatic N) is 1. The Morgan fingerprint density at radius 2 is 2.60 bits per heavy atom. The summed E-state index contributed by atoms with van der Waals surface area (Å²) in [5, 5.41) is 16.8. The van der Waals surface area contributed by atoms with Crippen LogP contribution in [0.3, 0.4) is 0 Å². The first-order valence-corrected chi connectivity index (χ1v) is 2.67. The molecule has 0 amide bonds. The molecule has 1 heterocycles. The van der Waals surface area contributed by atoms with Gasteiger partial charge in [-0.2, -0.15) is 5.26 Å². The SMILES string of the molecule is N#C/C(=C/O)c1ccco1. The van der Waals surface area contributed by atoms with Crippen LogP contribution in [0.15, 0.2) is 29.1 Å². The van der Waals surface area contributed by atoms with Gasteiger partial charge in [-0.25, -0.2) is 0 Å². The van der Waals surface area contributed by atoms with E-state index < -0.39 is 0 Å². The van der Waals surface area contributed by atoms with E-state index in [-0.39, 0.29) is 5.57 Å². The molecule has 1 aromatic rings. The number of rotatable bonds is 1. The molecule has 0 aliphatic rings. The molecular weight excluding hydrogens is 130 g/mol. The maximum Gasteiger partial charge on any atom is 0.147 e. The van der Waals surface area contributed by atoms with Crippen molar-refractivity contribution in [3.63, 3.8) is 0 Å². The molecular formula is C7H5NO2. The maximum absolute atomic E-state index is 8.45. The quantitative estimate of drug-likeness (QED) is 0.471. The predicted molar refractivity (Wildman–Crippen MR) is 34.9 cm³/mol. The van der Waals surface area contributed by atoms with Crippen LogP contribution in [0, 0.1) is 11.3 Å². The molecule has 3 heteroatoms. The number of furan rings is 1. The van der Waals surface area contributed by atoms with Crippen molar-refractivity contribution in [1.29, 1.82) is 5.26 Å². The van der Waals surface area contributed by atoms with Crippen LogP contribution in [0.2, 0.25) is 0 Å². The molecule has 0 saturated carbocycles. The van der Waals surface area contributed by atoms with Crippen LogP contribution < -0.4 is 0 Å². The highest BCUT2D eigenvalue weighted by molar-refractivity contribution is 5.72. The standard InChI is InChI=1S/C7H5NO2/c8-4-6(5-9)7-2-1-3-10-7/h1-3,5,9H/b6-5-. The number of aliphatic hydroxyl groups excluding tert-OH is 1. The van der Waals surface area contributed by atoms with Crippen molar-refractivity contribution in [2.45, 2.75) is 0 Å². The second-order valence-corrected chi connectivity index (χ2v) is 1.63. The van der Waals surface area contributed by atoms with E-state index in [0.717, 1.165) is 6.26 Å². The summed E-state index contributed by atoms with van der Waals surface area (Å²) in [6, 6.07) is 5.02.